The number of fused-ring (bicyclic) bond motifs is 2. The highest BCUT2D eigenvalue weighted by atomic mass is 16.7. The number of rotatable bonds is 2. The van der Waals surface area contributed by atoms with Crippen LogP contribution in [-0.2, 0) is 4.74 Å². The zero-order valence-electron chi connectivity index (χ0n) is 12.3. The standard InChI is InChI=1S/C17H17NO3/c1-4-5-6-11-7-8-14-12(9-11)10-13-15(18-14)20-17(2,3)21-16(13)19/h5-10H,4H2,1-3H3/b6-5+. The van der Waals surface area contributed by atoms with Gasteiger partial charge in [0.05, 0.1) is 5.52 Å². The van der Waals surface area contributed by atoms with Crippen LogP contribution in [0.1, 0.15) is 43.1 Å². The van der Waals surface area contributed by atoms with E-state index < -0.39 is 11.8 Å². The molecule has 1 aromatic heterocycles. The number of esters is 1. The number of pyridine rings is 1. The molecule has 0 spiro atoms. The van der Waals surface area contributed by atoms with E-state index in [0.717, 1.165) is 22.9 Å². The first-order valence-electron chi connectivity index (χ1n) is 7.02. The molecule has 0 radical (unpaired) electrons. The fourth-order valence-corrected chi connectivity index (χ4v) is 2.29. The van der Waals surface area contributed by atoms with Gasteiger partial charge in [-0.05, 0) is 30.2 Å². The van der Waals surface area contributed by atoms with E-state index in [1.165, 1.54) is 0 Å². The Bertz CT molecular complexity index is 747. The van der Waals surface area contributed by atoms with E-state index in [-0.39, 0.29) is 0 Å². The van der Waals surface area contributed by atoms with Gasteiger partial charge in [0.15, 0.2) is 0 Å². The summed E-state index contributed by atoms with van der Waals surface area (Å²) < 4.78 is 10.9. The van der Waals surface area contributed by atoms with Crippen molar-refractivity contribution in [3.63, 3.8) is 0 Å². The average Bonchev–Trinajstić information content (AvgIpc) is 2.42. The molecule has 0 fully saturated rings. The largest absolute Gasteiger partial charge is 0.435 e. The number of ether oxygens (including phenoxy) is 2. The quantitative estimate of drug-likeness (QED) is 0.783. The maximum absolute atomic E-state index is 12.0. The van der Waals surface area contributed by atoms with Gasteiger partial charge in [-0.15, -0.1) is 0 Å². The number of carbonyl (C=O) groups is 1. The summed E-state index contributed by atoms with van der Waals surface area (Å²) in [6.07, 6.45) is 5.12. The predicted octanol–water partition coefficient (Wildman–Crippen LogP) is 3.94. The highest BCUT2D eigenvalue weighted by Crippen LogP contribution is 2.32. The maximum Gasteiger partial charge on any atom is 0.346 e. The van der Waals surface area contributed by atoms with Gasteiger partial charge >= 0.3 is 5.97 Å². The lowest BCUT2D eigenvalue weighted by Gasteiger charge is -2.30. The van der Waals surface area contributed by atoms with Crippen molar-refractivity contribution < 1.29 is 14.3 Å². The van der Waals surface area contributed by atoms with Crippen LogP contribution in [0.3, 0.4) is 0 Å². The third-order valence-electron chi connectivity index (χ3n) is 3.25. The zero-order valence-corrected chi connectivity index (χ0v) is 12.3. The van der Waals surface area contributed by atoms with Crippen LogP contribution < -0.4 is 4.74 Å². The molecule has 0 unspecified atom stereocenters. The van der Waals surface area contributed by atoms with E-state index in [1.807, 2.05) is 18.2 Å². The second-order valence-electron chi connectivity index (χ2n) is 5.50. The lowest BCUT2D eigenvalue weighted by atomic mass is 10.1. The van der Waals surface area contributed by atoms with E-state index in [1.54, 1.807) is 19.9 Å². The molecule has 1 aliphatic heterocycles. The SMILES string of the molecule is CC/C=C/c1ccc2nc3c(cc2c1)C(=O)OC(C)(C)O3. The molecular formula is C17H17NO3. The molecule has 1 aliphatic rings. The Morgan fingerprint density at radius 1 is 1.24 bits per heavy atom. The first-order chi connectivity index (χ1) is 9.98. The molecule has 0 aliphatic carbocycles. The number of carbonyl (C=O) groups excluding carboxylic acids is 1. The Hall–Kier alpha value is -2.36. The van der Waals surface area contributed by atoms with Gasteiger partial charge in [-0.3, -0.25) is 0 Å². The smallest absolute Gasteiger partial charge is 0.346 e. The molecule has 0 amide bonds. The van der Waals surface area contributed by atoms with Crippen molar-refractivity contribution in [1.82, 2.24) is 4.98 Å². The molecule has 21 heavy (non-hydrogen) atoms. The van der Waals surface area contributed by atoms with E-state index in [9.17, 15) is 4.79 Å². The normalized spacial score (nSPS) is 16.6. The van der Waals surface area contributed by atoms with Gasteiger partial charge < -0.3 is 9.47 Å². The van der Waals surface area contributed by atoms with Crippen molar-refractivity contribution in [2.24, 2.45) is 0 Å². The third kappa shape index (κ3) is 2.61. The molecular weight excluding hydrogens is 266 g/mol. The minimum absolute atomic E-state index is 0.334. The van der Waals surface area contributed by atoms with Gasteiger partial charge in [-0.25, -0.2) is 9.78 Å². The Morgan fingerprint density at radius 2 is 2.05 bits per heavy atom. The Balaban J connectivity index is 2.11. The van der Waals surface area contributed by atoms with Crippen LogP contribution in [0.2, 0.25) is 0 Å². The van der Waals surface area contributed by atoms with Crippen molar-refractivity contribution in [3.8, 4) is 5.88 Å². The number of allylic oxidation sites excluding steroid dienone is 1. The molecule has 3 rings (SSSR count). The summed E-state index contributed by atoms with van der Waals surface area (Å²) in [5, 5.41) is 0.896. The minimum atomic E-state index is -0.978. The maximum atomic E-state index is 12.0. The predicted molar refractivity (Wildman–Crippen MR) is 81.2 cm³/mol. The van der Waals surface area contributed by atoms with Crippen molar-refractivity contribution in [1.29, 1.82) is 0 Å². The summed E-state index contributed by atoms with van der Waals surface area (Å²) >= 11 is 0. The van der Waals surface area contributed by atoms with Gasteiger partial charge in [0.2, 0.25) is 5.88 Å². The van der Waals surface area contributed by atoms with Crippen molar-refractivity contribution in [2.45, 2.75) is 33.0 Å². The molecule has 2 aromatic rings. The molecule has 4 nitrogen and oxygen atoms in total. The first kappa shape index (κ1) is 13.6. The molecule has 0 saturated heterocycles. The van der Waals surface area contributed by atoms with Gasteiger partial charge in [-0.2, -0.15) is 0 Å². The monoisotopic (exact) mass is 283 g/mol. The number of hydrogen-bond acceptors (Lipinski definition) is 4. The van der Waals surface area contributed by atoms with Gasteiger partial charge in [0, 0.05) is 19.2 Å². The number of cyclic esters (lactones) is 1. The van der Waals surface area contributed by atoms with E-state index >= 15 is 0 Å². The molecule has 0 atom stereocenters. The molecule has 108 valence electrons. The lowest BCUT2D eigenvalue weighted by Crippen LogP contribution is -2.39. The van der Waals surface area contributed by atoms with Crippen LogP contribution in [0.4, 0.5) is 0 Å². The number of hydrogen-bond donors (Lipinski definition) is 0. The van der Waals surface area contributed by atoms with E-state index in [4.69, 9.17) is 9.47 Å². The molecule has 0 saturated carbocycles. The highest BCUT2D eigenvalue weighted by molar-refractivity contribution is 5.97. The zero-order chi connectivity index (χ0) is 15.0. The van der Waals surface area contributed by atoms with E-state index in [0.29, 0.717) is 11.4 Å². The highest BCUT2D eigenvalue weighted by Gasteiger charge is 2.35. The van der Waals surface area contributed by atoms with Crippen LogP contribution in [0.5, 0.6) is 5.88 Å². The molecule has 2 heterocycles. The van der Waals surface area contributed by atoms with Crippen molar-refractivity contribution in [3.05, 3.63) is 41.5 Å². The number of aromatic nitrogens is 1. The van der Waals surface area contributed by atoms with Crippen LogP contribution in [0.15, 0.2) is 30.3 Å². The Labute approximate surface area is 123 Å². The Morgan fingerprint density at radius 3 is 2.81 bits per heavy atom. The van der Waals surface area contributed by atoms with Crippen LogP contribution in [0.25, 0.3) is 17.0 Å². The van der Waals surface area contributed by atoms with Gasteiger partial charge in [0.25, 0.3) is 5.79 Å². The second-order valence-corrected chi connectivity index (χ2v) is 5.50. The van der Waals surface area contributed by atoms with Gasteiger partial charge in [-0.1, -0.05) is 25.1 Å². The van der Waals surface area contributed by atoms with Crippen LogP contribution >= 0.6 is 0 Å². The fourth-order valence-electron chi connectivity index (χ4n) is 2.29. The molecule has 4 heteroatoms. The summed E-state index contributed by atoms with van der Waals surface area (Å²) in [5.41, 5.74) is 2.25. The third-order valence-corrected chi connectivity index (χ3v) is 3.25. The molecule has 1 aromatic carbocycles. The van der Waals surface area contributed by atoms with Gasteiger partial charge in [0.1, 0.15) is 5.56 Å². The summed E-state index contributed by atoms with van der Waals surface area (Å²) in [5.74, 6) is -1.04. The summed E-state index contributed by atoms with van der Waals surface area (Å²) in [6.45, 7) is 5.47. The second kappa shape index (κ2) is 4.88. The van der Waals surface area contributed by atoms with Crippen molar-refractivity contribution in [2.75, 3.05) is 0 Å². The van der Waals surface area contributed by atoms with E-state index in [2.05, 4.69) is 24.1 Å². The number of benzene rings is 1. The van der Waals surface area contributed by atoms with Crippen molar-refractivity contribution >= 4 is 22.9 Å². The summed E-state index contributed by atoms with van der Waals surface area (Å²) in [6, 6.07) is 7.71. The fraction of sp³-hybridized carbons (Fsp3) is 0.294. The average molecular weight is 283 g/mol. The number of nitrogens with zero attached hydrogens (tertiary/aromatic N) is 1. The minimum Gasteiger partial charge on any atom is -0.435 e. The topological polar surface area (TPSA) is 48.4 Å². The first-order valence-corrected chi connectivity index (χ1v) is 7.02. The molecule has 0 bridgehead atoms. The van der Waals surface area contributed by atoms with Crippen LogP contribution in [-0.4, -0.2) is 16.7 Å². The lowest BCUT2D eigenvalue weighted by molar-refractivity contribution is -0.129. The van der Waals surface area contributed by atoms with Crippen LogP contribution in [0, 0.1) is 0 Å². The summed E-state index contributed by atoms with van der Waals surface area (Å²) in [4.78, 5) is 16.5. The Kier molecular flexibility index (Phi) is 3.16. The summed E-state index contributed by atoms with van der Waals surface area (Å²) in [7, 11) is 0. The molecule has 0 N–H and O–H groups in total.